The summed E-state index contributed by atoms with van der Waals surface area (Å²) in [5.41, 5.74) is 0.947. The minimum absolute atomic E-state index is 0.719. The number of thiocarbonyl (C=S) groups is 1. The Balaban J connectivity index is 1.44. The van der Waals surface area contributed by atoms with E-state index < -0.39 is 0 Å². The molecule has 0 atom stereocenters. The Morgan fingerprint density at radius 3 is 2.70 bits per heavy atom. The maximum atomic E-state index is 6.01. The van der Waals surface area contributed by atoms with Gasteiger partial charge in [-0.05, 0) is 48.3 Å². The van der Waals surface area contributed by atoms with Gasteiger partial charge in [0.05, 0.1) is 0 Å². The number of anilines is 1. The molecule has 0 bridgehead atoms. The van der Waals surface area contributed by atoms with Gasteiger partial charge in [0.15, 0.2) is 5.11 Å². The van der Waals surface area contributed by atoms with Crippen molar-refractivity contribution >= 4 is 46.0 Å². The first-order chi connectivity index (χ1) is 11.2. The number of nitrogens with one attached hydrogen (secondary N) is 1. The average Bonchev–Trinajstić information content (AvgIpc) is 3.07. The highest BCUT2D eigenvalue weighted by Gasteiger charge is 2.18. The van der Waals surface area contributed by atoms with Gasteiger partial charge < -0.3 is 10.2 Å². The molecule has 0 amide bonds. The van der Waals surface area contributed by atoms with Crippen LogP contribution < -0.4 is 5.32 Å². The minimum Gasteiger partial charge on any atom is -0.346 e. The summed E-state index contributed by atoms with van der Waals surface area (Å²) in [6.07, 6.45) is 1.14. The van der Waals surface area contributed by atoms with Crippen molar-refractivity contribution in [3.05, 3.63) is 51.7 Å². The lowest BCUT2D eigenvalue weighted by Gasteiger charge is -2.36. The SMILES string of the molecule is S=C(Nc1cccc(Cl)c1)N1CCN(CCc2cccs2)CC1. The zero-order valence-electron chi connectivity index (χ0n) is 12.9. The minimum atomic E-state index is 0.719. The fraction of sp³-hybridized carbons (Fsp3) is 0.353. The Morgan fingerprint density at radius 1 is 1.17 bits per heavy atom. The molecule has 0 unspecified atom stereocenters. The monoisotopic (exact) mass is 365 g/mol. The summed E-state index contributed by atoms with van der Waals surface area (Å²) in [4.78, 5) is 6.21. The molecule has 1 saturated heterocycles. The van der Waals surface area contributed by atoms with E-state index in [2.05, 4.69) is 32.6 Å². The molecule has 23 heavy (non-hydrogen) atoms. The molecule has 1 aromatic heterocycles. The largest absolute Gasteiger partial charge is 0.346 e. The van der Waals surface area contributed by atoms with Crippen molar-refractivity contribution in [2.45, 2.75) is 6.42 Å². The quantitative estimate of drug-likeness (QED) is 0.826. The van der Waals surface area contributed by atoms with Gasteiger partial charge in [-0.1, -0.05) is 23.7 Å². The van der Waals surface area contributed by atoms with Crippen LogP contribution in [-0.2, 0) is 6.42 Å². The smallest absolute Gasteiger partial charge is 0.173 e. The number of hydrogen-bond donors (Lipinski definition) is 1. The topological polar surface area (TPSA) is 18.5 Å². The lowest BCUT2D eigenvalue weighted by Crippen LogP contribution is -2.50. The van der Waals surface area contributed by atoms with Crippen molar-refractivity contribution in [3.8, 4) is 0 Å². The van der Waals surface area contributed by atoms with E-state index in [9.17, 15) is 0 Å². The van der Waals surface area contributed by atoms with Crippen molar-refractivity contribution in [3.63, 3.8) is 0 Å². The van der Waals surface area contributed by atoms with Crippen molar-refractivity contribution in [2.24, 2.45) is 0 Å². The zero-order valence-corrected chi connectivity index (χ0v) is 15.3. The Kier molecular flexibility index (Phi) is 5.89. The van der Waals surface area contributed by atoms with Crippen LogP contribution in [0.2, 0.25) is 5.02 Å². The molecule has 6 heteroatoms. The summed E-state index contributed by atoms with van der Waals surface area (Å²) in [7, 11) is 0. The number of rotatable bonds is 4. The van der Waals surface area contributed by atoms with E-state index in [1.165, 1.54) is 4.88 Å². The standard InChI is InChI=1S/C17H20ClN3S2/c18-14-3-1-4-15(13-14)19-17(22)21-10-8-20(9-11-21)7-6-16-5-2-12-23-16/h1-5,12-13H,6-11H2,(H,19,22). The molecule has 3 rings (SSSR count). The molecule has 122 valence electrons. The third-order valence-corrected chi connectivity index (χ3v) is 5.52. The molecule has 2 aromatic rings. The third-order valence-electron chi connectivity index (χ3n) is 3.99. The van der Waals surface area contributed by atoms with Gasteiger partial charge in [-0.2, -0.15) is 0 Å². The number of piperazine rings is 1. The number of hydrogen-bond acceptors (Lipinski definition) is 3. The molecular weight excluding hydrogens is 346 g/mol. The maximum absolute atomic E-state index is 6.01. The Bertz CT molecular complexity index is 637. The second-order valence-corrected chi connectivity index (χ2v) is 7.45. The Hall–Kier alpha value is -1.14. The van der Waals surface area contributed by atoms with E-state index in [1.54, 1.807) is 0 Å². The number of nitrogens with zero attached hydrogens (tertiary/aromatic N) is 2. The van der Waals surface area contributed by atoms with E-state index >= 15 is 0 Å². The Labute approximate surface area is 151 Å². The molecule has 1 N–H and O–H groups in total. The van der Waals surface area contributed by atoms with Crippen molar-refractivity contribution in [2.75, 3.05) is 38.0 Å². The summed E-state index contributed by atoms with van der Waals surface area (Å²) in [6, 6.07) is 12.0. The van der Waals surface area contributed by atoms with E-state index in [-0.39, 0.29) is 0 Å². The fourth-order valence-corrected chi connectivity index (χ4v) is 3.86. The number of thiophene rings is 1. The molecule has 1 aromatic carbocycles. The molecule has 0 spiro atoms. The van der Waals surface area contributed by atoms with Gasteiger partial charge in [0, 0.05) is 48.3 Å². The summed E-state index contributed by atoms with van der Waals surface area (Å²) in [6.45, 7) is 5.18. The van der Waals surface area contributed by atoms with E-state index in [4.69, 9.17) is 23.8 Å². The summed E-state index contributed by atoms with van der Waals surface area (Å²) in [5.74, 6) is 0. The third kappa shape index (κ3) is 4.91. The van der Waals surface area contributed by atoms with Gasteiger partial charge in [0.2, 0.25) is 0 Å². The first-order valence-corrected chi connectivity index (χ1v) is 9.43. The summed E-state index contributed by atoms with van der Waals surface area (Å²) >= 11 is 13.4. The second-order valence-electron chi connectivity index (χ2n) is 5.60. The highest BCUT2D eigenvalue weighted by Crippen LogP contribution is 2.16. The fourth-order valence-electron chi connectivity index (χ4n) is 2.67. The lowest BCUT2D eigenvalue weighted by atomic mass is 10.2. The predicted octanol–water partition coefficient (Wildman–Crippen LogP) is 3.96. The number of halogens is 1. The molecular formula is C17H20ClN3S2. The predicted molar refractivity (Wildman–Crippen MR) is 104 cm³/mol. The second kappa shape index (κ2) is 8.11. The average molecular weight is 366 g/mol. The zero-order chi connectivity index (χ0) is 16.1. The van der Waals surface area contributed by atoms with Gasteiger partial charge in [0.25, 0.3) is 0 Å². The van der Waals surface area contributed by atoms with Crippen LogP contribution in [0.3, 0.4) is 0 Å². The van der Waals surface area contributed by atoms with Gasteiger partial charge in [0.1, 0.15) is 0 Å². The molecule has 1 aliphatic rings. The summed E-state index contributed by atoms with van der Waals surface area (Å²) < 4.78 is 0. The van der Waals surface area contributed by atoms with Crippen LogP contribution in [0.1, 0.15) is 4.88 Å². The molecule has 0 saturated carbocycles. The van der Waals surface area contributed by atoms with E-state index in [0.717, 1.165) is 55.0 Å². The molecule has 0 radical (unpaired) electrons. The normalized spacial score (nSPS) is 15.6. The molecule has 1 fully saturated rings. The molecule has 1 aliphatic heterocycles. The van der Waals surface area contributed by atoms with Crippen molar-refractivity contribution in [1.29, 1.82) is 0 Å². The molecule has 2 heterocycles. The first-order valence-electron chi connectivity index (χ1n) is 7.77. The van der Waals surface area contributed by atoms with Crippen LogP contribution in [0.5, 0.6) is 0 Å². The van der Waals surface area contributed by atoms with Crippen LogP contribution in [0.25, 0.3) is 0 Å². The number of benzene rings is 1. The summed E-state index contributed by atoms with van der Waals surface area (Å²) in [5, 5.41) is 6.93. The van der Waals surface area contributed by atoms with Crippen LogP contribution in [0.15, 0.2) is 41.8 Å². The van der Waals surface area contributed by atoms with Crippen molar-refractivity contribution < 1.29 is 0 Å². The Morgan fingerprint density at radius 2 is 2.00 bits per heavy atom. The molecule has 0 aliphatic carbocycles. The van der Waals surface area contributed by atoms with Gasteiger partial charge in [-0.15, -0.1) is 11.3 Å². The van der Waals surface area contributed by atoms with Crippen LogP contribution in [0.4, 0.5) is 5.69 Å². The van der Waals surface area contributed by atoms with Gasteiger partial charge in [-0.25, -0.2) is 0 Å². The highest BCUT2D eigenvalue weighted by atomic mass is 35.5. The van der Waals surface area contributed by atoms with Gasteiger partial charge >= 0.3 is 0 Å². The van der Waals surface area contributed by atoms with Crippen LogP contribution >= 0.6 is 35.2 Å². The van der Waals surface area contributed by atoms with E-state index in [1.807, 2.05) is 35.6 Å². The maximum Gasteiger partial charge on any atom is 0.173 e. The first kappa shape index (κ1) is 16.7. The van der Waals surface area contributed by atoms with Gasteiger partial charge in [-0.3, -0.25) is 4.90 Å². The highest BCUT2D eigenvalue weighted by molar-refractivity contribution is 7.80. The molecule has 3 nitrogen and oxygen atoms in total. The van der Waals surface area contributed by atoms with Crippen molar-refractivity contribution in [1.82, 2.24) is 9.80 Å². The van der Waals surface area contributed by atoms with Crippen LogP contribution in [-0.4, -0.2) is 47.6 Å². The lowest BCUT2D eigenvalue weighted by molar-refractivity contribution is 0.186. The van der Waals surface area contributed by atoms with Crippen LogP contribution in [0, 0.1) is 0 Å². The van der Waals surface area contributed by atoms with E-state index in [0.29, 0.717) is 0 Å².